The Bertz CT molecular complexity index is 1070. The van der Waals surface area contributed by atoms with E-state index in [1.807, 2.05) is 37.8 Å². The van der Waals surface area contributed by atoms with Gasteiger partial charge in [-0.25, -0.2) is 0 Å². The summed E-state index contributed by atoms with van der Waals surface area (Å²) in [6.45, 7) is 7.73. The zero-order valence-electron chi connectivity index (χ0n) is 20.1. The molecular weight excluding hydrogens is 459 g/mol. The van der Waals surface area contributed by atoms with Crippen LogP contribution in [0.4, 0.5) is 13.2 Å². The topological polar surface area (TPSA) is 62.7 Å². The maximum Gasteiger partial charge on any atom is 0.416 e. The smallest absolute Gasteiger partial charge is 0.372 e. The second kappa shape index (κ2) is 9.97. The summed E-state index contributed by atoms with van der Waals surface area (Å²) in [6.07, 6.45) is -3.27. The molecule has 6 nitrogen and oxygen atoms in total. The molecule has 2 fully saturated rings. The molecule has 188 valence electrons. The number of piperidine rings is 1. The predicted octanol–water partition coefficient (Wildman–Crippen LogP) is 4.68. The molecule has 2 saturated heterocycles. The number of likely N-dealkylation sites (tertiary alicyclic amines) is 1. The van der Waals surface area contributed by atoms with Crippen molar-refractivity contribution in [1.82, 2.24) is 14.8 Å². The number of pyridine rings is 1. The Labute approximate surface area is 203 Å². The summed E-state index contributed by atoms with van der Waals surface area (Å²) in [5.41, 5.74) is 1.62. The molecule has 0 bridgehead atoms. The molecule has 3 heterocycles. The van der Waals surface area contributed by atoms with Gasteiger partial charge in [0, 0.05) is 43.4 Å². The van der Waals surface area contributed by atoms with Gasteiger partial charge in [0.25, 0.3) is 11.8 Å². The molecule has 2 aromatic rings. The van der Waals surface area contributed by atoms with E-state index in [0.29, 0.717) is 44.6 Å². The Morgan fingerprint density at radius 3 is 2.09 bits per heavy atom. The molecular formula is C26H30F3N3O3. The van der Waals surface area contributed by atoms with Crippen molar-refractivity contribution in [3.05, 3.63) is 64.5 Å². The second-order valence-electron chi connectivity index (χ2n) is 9.49. The largest absolute Gasteiger partial charge is 0.416 e. The van der Waals surface area contributed by atoms with Crippen LogP contribution in [0.1, 0.15) is 70.3 Å². The first kappa shape index (κ1) is 25.2. The van der Waals surface area contributed by atoms with E-state index in [1.165, 1.54) is 12.1 Å². The fourth-order valence-corrected chi connectivity index (χ4v) is 4.92. The lowest BCUT2D eigenvalue weighted by molar-refractivity contribution is -0.137. The maximum absolute atomic E-state index is 13.4. The first-order valence-electron chi connectivity index (χ1n) is 11.9. The number of nitrogens with zero attached hydrogens (tertiary/aromatic N) is 3. The summed E-state index contributed by atoms with van der Waals surface area (Å²) in [7, 11) is 0. The van der Waals surface area contributed by atoms with Crippen molar-refractivity contribution in [2.75, 3.05) is 26.2 Å². The number of aromatic nitrogens is 1. The van der Waals surface area contributed by atoms with E-state index < -0.39 is 11.7 Å². The van der Waals surface area contributed by atoms with Crippen LogP contribution in [0.25, 0.3) is 0 Å². The number of benzene rings is 1. The minimum Gasteiger partial charge on any atom is -0.372 e. The second-order valence-corrected chi connectivity index (χ2v) is 9.49. The Balaban J connectivity index is 1.46. The van der Waals surface area contributed by atoms with Gasteiger partial charge in [-0.15, -0.1) is 0 Å². The van der Waals surface area contributed by atoms with Gasteiger partial charge in [0.1, 0.15) is 0 Å². The third-order valence-electron chi connectivity index (χ3n) is 6.63. The number of morpholine rings is 1. The van der Waals surface area contributed by atoms with Gasteiger partial charge in [-0.3, -0.25) is 14.6 Å². The Morgan fingerprint density at radius 2 is 1.51 bits per heavy atom. The van der Waals surface area contributed by atoms with Gasteiger partial charge < -0.3 is 14.5 Å². The number of aryl methyl sites for hydroxylation is 1. The summed E-state index contributed by atoms with van der Waals surface area (Å²) in [5, 5.41) is 0. The van der Waals surface area contributed by atoms with Gasteiger partial charge >= 0.3 is 6.18 Å². The van der Waals surface area contributed by atoms with Crippen LogP contribution in [-0.4, -0.2) is 65.0 Å². The number of carbonyl (C=O) groups is 2. The number of hydrogen-bond donors (Lipinski definition) is 0. The zero-order chi connectivity index (χ0) is 25.3. The van der Waals surface area contributed by atoms with Crippen LogP contribution in [0, 0.1) is 6.92 Å². The number of halogens is 3. The molecule has 2 atom stereocenters. The molecule has 2 aliphatic heterocycles. The summed E-state index contributed by atoms with van der Waals surface area (Å²) in [6, 6.07) is 7.99. The maximum atomic E-state index is 13.4. The van der Waals surface area contributed by atoms with Gasteiger partial charge in [0.2, 0.25) is 0 Å². The van der Waals surface area contributed by atoms with Crippen LogP contribution in [0.2, 0.25) is 0 Å². The van der Waals surface area contributed by atoms with Gasteiger partial charge in [-0.1, -0.05) is 0 Å². The van der Waals surface area contributed by atoms with E-state index in [1.54, 1.807) is 4.90 Å². The van der Waals surface area contributed by atoms with Gasteiger partial charge in [-0.05, 0) is 70.0 Å². The molecule has 4 rings (SSSR count). The number of carbonyl (C=O) groups excluding carboxylic acids is 2. The molecule has 0 spiro atoms. The molecule has 0 aliphatic carbocycles. The average Bonchev–Trinajstić information content (AvgIpc) is 2.82. The SMILES string of the molecule is Cc1ccc(C(=O)N2C[C@@H](C)O[C@@H](C)C2)c(C2CCN(C(=O)c3ccc(C(F)(F)F)cc3)CC2)n1. The van der Waals surface area contributed by atoms with Crippen molar-refractivity contribution in [2.24, 2.45) is 0 Å². The highest BCUT2D eigenvalue weighted by Gasteiger charge is 2.33. The van der Waals surface area contributed by atoms with Crippen LogP contribution < -0.4 is 0 Å². The molecule has 2 aliphatic rings. The van der Waals surface area contributed by atoms with Crippen LogP contribution in [0.5, 0.6) is 0 Å². The van der Waals surface area contributed by atoms with Crippen molar-refractivity contribution < 1.29 is 27.5 Å². The van der Waals surface area contributed by atoms with E-state index in [9.17, 15) is 22.8 Å². The van der Waals surface area contributed by atoms with Gasteiger partial charge in [0.15, 0.2) is 0 Å². The van der Waals surface area contributed by atoms with Crippen LogP contribution in [-0.2, 0) is 10.9 Å². The molecule has 0 saturated carbocycles. The average molecular weight is 490 g/mol. The first-order valence-corrected chi connectivity index (χ1v) is 11.9. The summed E-state index contributed by atoms with van der Waals surface area (Å²) >= 11 is 0. The standard InChI is InChI=1S/C26H30F3N3O3/c1-16-4-9-22(25(34)32-14-17(2)35-18(3)15-32)23(30-16)19-10-12-31(13-11-19)24(33)20-5-7-21(8-6-20)26(27,28)29/h4-9,17-19H,10-15H2,1-3H3/t17-,18+. The number of alkyl halides is 3. The Hall–Kier alpha value is -2.94. The van der Waals surface area contributed by atoms with Gasteiger partial charge in [-0.2, -0.15) is 13.2 Å². The minimum absolute atomic E-state index is 0.0152. The third-order valence-corrected chi connectivity index (χ3v) is 6.63. The quantitative estimate of drug-likeness (QED) is 0.628. The fourth-order valence-electron chi connectivity index (χ4n) is 4.92. The molecule has 1 aromatic heterocycles. The van der Waals surface area contributed by atoms with E-state index in [4.69, 9.17) is 9.72 Å². The summed E-state index contributed by atoms with van der Waals surface area (Å²) in [5.74, 6) is -0.332. The summed E-state index contributed by atoms with van der Waals surface area (Å²) in [4.78, 5) is 34.5. The van der Waals surface area contributed by atoms with E-state index in [0.717, 1.165) is 23.5 Å². The Kier molecular flexibility index (Phi) is 7.17. The van der Waals surface area contributed by atoms with E-state index in [-0.39, 0.29) is 35.5 Å². The number of ether oxygens (including phenoxy) is 1. The fraction of sp³-hybridized carbons (Fsp3) is 0.500. The Morgan fingerprint density at radius 1 is 0.914 bits per heavy atom. The zero-order valence-corrected chi connectivity index (χ0v) is 20.1. The van der Waals surface area contributed by atoms with Gasteiger partial charge in [0.05, 0.1) is 29.0 Å². The molecule has 1 aromatic carbocycles. The minimum atomic E-state index is -4.44. The third kappa shape index (κ3) is 5.66. The van der Waals surface area contributed by atoms with Crippen molar-refractivity contribution in [2.45, 2.75) is 57.9 Å². The molecule has 35 heavy (non-hydrogen) atoms. The lowest BCUT2D eigenvalue weighted by atomic mass is 9.89. The highest BCUT2D eigenvalue weighted by atomic mass is 19.4. The molecule has 0 unspecified atom stereocenters. The molecule has 9 heteroatoms. The molecule has 0 N–H and O–H groups in total. The highest BCUT2D eigenvalue weighted by Crippen LogP contribution is 2.32. The van der Waals surface area contributed by atoms with E-state index in [2.05, 4.69) is 0 Å². The van der Waals surface area contributed by atoms with Crippen LogP contribution in [0.15, 0.2) is 36.4 Å². The normalized spacial score (nSPS) is 21.8. The van der Waals surface area contributed by atoms with Crippen molar-refractivity contribution in [1.29, 1.82) is 0 Å². The predicted molar refractivity (Wildman–Crippen MR) is 124 cm³/mol. The first-order chi connectivity index (χ1) is 16.5. The number of rotatable bonds is 3. The van der Waals surface area contributed by atoms with Crippen LogP contribution in [0.3, 0.4) is 0 Å². The monoisotopic (exact) mass is 489 g/mol. The van der Waals surface area contributed by atoms with Crippen molar-refractivity contribution >= 4 is 11.8 Å². The van der Waals surface area contributed by atoms with E-state index >= 15 is 0 Å². The molecule has 2 amide bonds. The number of hydrogen-bond acceptors (Lipinski definition) is 4. The lowest BCUT2D eigenvalue weighted by Gasteiger charge is -2.36. The van der Waals surface area contributed by atoms with Crippen molar-refractivity contribution in [3.63, 3.8) is 0 Å². The highest BCUT2D eigenvalue weighted by molar-refractivity contribution is 5.96. The summed E-state index contributed by atoms with van der Waals surface area (Å²) < 4.78 is 44.2. The van der Waals surface area contributed by atoms with Crippen LogP contribution >= 0.6 is 0 Å². The molecule has 0 radical (unpaired) electrons. The lowest BCUT2D eigenvalue weighted by Crippen LogP contribution is -2.48. The number of amides is 2. The van der Waals surface area contributed by atoms with Crippen molar-refractivity contribution in [3.8, 4) is 0 Å².